The maximum atomic E-state index is 12.7. The Morgan fingerprint density at radius 3 is 2.91 bits per heavy atom. The van der Waals surface area contributed by atoms with Crippen molar-refractivity contribution in [1.29, 1.82) is 0 Å². The molecule has 0 bridgehead atoms. The van der Waals surface area contributed by atoms with Crippen molar-refractivity contribution in [3.8, 4) is 0 Å². The molecule has 0 radical (unpaired) electrons. The highest BCUT2D eigenvalue weighted by Crippen LogP contribution is 2.19. The molecule has 1 aliphatic heterocycles. The molecule has 1 N–H and O–H groups in total. The molecular formula is C16H24N2O4S. The minimum atomic E-state index is -3.60. The number of carbonyl (C=O) groups excluding carboxylic acids is 1. The van der Waals surface area contributed by atoms with E-state index in [0.29, 0.717) is 31.8 Å². The van der Waals surface area contributed by atoms with Gasteiger partial charge in [0.05, 0.1) is 17.6 Å². The summed E-state index contributed by atoms with van der Waals surface area (Å²) in [4.78, 5) is 12.2. The number of carbonyl (C=O) groups is 1. The van der Waals surface area contributed by atoms with E-state index in [2.05, 4.69) is 5.32 Å². The summed E-state index contributed by atoms with van der Waals surface area (Å²) in [6.07, 6.45) is 1.76. The van der Waals surface area contributed by atoms with Crippen molar-refractivity contribution in [2.75, 3.05) is 26.2 Å². The Balaban J connectivity index is 2.16. The van der Waals surface area contributed by atoms with Gasteiger partial charge in [0.1, 0.15) is 0 Å². The van der Waals surface area contributed by atoms with Gasteiger partial charge in [-0.2, -0.15) is 4.31 Å². The Labute approximate surface area is 137 Å². The molecular weight excluding hydrogens is 316 g/mol. The molecule has 2 rings (SSSR count). The van der Waals surface area contributed by atoms with Crippen LogP contribution in [0.25, 0.3) is 0 Å². The first-order valence-corrected chi connectivity index (χ1v) is 9.39. The molecule has 1 aliphatic rings. The van der Waals surface area contributed by atoms with Gasteiger partial charge in [-0.1, -0.05) is 19.4 Å². The number of ether oxygens (including phenoxy) is 1. The molecule has 7 heteroatoms. The molecule has 1 aromatic carbocycles. The molecule has 128 valence electrons. The first-order valence-electron chi connectivity index (χ1n) is 7.95. The molecule has 23 heavy (non-hydrogen) atoms. The lowest BCUT2D eigenvalue weighted by Crippen LogP contribution is -2.44. The van der Waals surface area contributed by atoms with E-state index in [9.17, 15) is 13.2 Å². The van der Waals surface area contributed by atoms with E-state index < -0.39 is 10.0 Å². The molecule has 1 fully saturated rings. The summed E-state index contributed by atoms with van der Waals surface area (Å²) in [5.41, 5.74) is 0.364. The second-order valence-corrected chi connectivity index (χ2v) is 7.62. The van der Waals surface area contributed by atoms with Gasteiger partial charge in [-0.25, -0.2) is 8.42 Å². The van der Waals surface area contributed by atoms with Gasteiger partial charge in [-0.15, -0.1) is 0 Å². The van der Waals surface area contributed by atoms with Crippen molar-refractivity contribution in [2.45, 2.75) is 37.7 Å². The molecule has 6 nitrogen and oxygen atoms in total. The lowest BCUT2D eigenvalue weighted by molar-refractivity contribution is 0.0102. The monoisotopic (exact) mass is 340 g/mol. The summed E-state index contributed by atoms with van der Waals surface area (Å²) >= 11 is 0. The van der Waals surface area contributed by atoms with Crippen LogP contribution in [0.1, 0.15) is 37.0 Å². The Kier molecular flexibility index (Phi) is 6.15. The number of benzene rings is 1. The van der Waals surface area contributed by atoms with E-state index in [1.807, 2.05) is 13.8 Å². The van der Waals surface area contributed by atoms with Gasteiger partial charge in [-0.3, -0.25) is 4.79 Å². The number of morpholine rings is 1. The molecule has 1 amide bonds. The van der Waals surface area contributed by atoms with Crippen LogP contribution in [0, 0.1) is 0 Å². The molecule has 1 unspecified atom stereocenters. The van der Waals surface area contributed by atoms with Crippen LogP contribution in [0.2, 0.25) is 0 Å². The summed E-state index contributed by atoms with van der Waals surface area (Å²) in [5, 5.41) is 2.80. The third-order valence-corrected chi connectivity index (χ3v) is 5.61. The number of rotatable bonds is 6. The van der Waals surface area contributed by atoms with Crippen molar-refractivity contribution in [1.82, 2.24) is 9.62 Å². The molecule has 1 saturated heterocycles. The normalized spacial score (nSPS) is 19.5. The number of amides is 1. The first-order chi connectivity index (χ1) is 10.9. The van der Waals surface area contributed by atoms with Gasteiger partial charge in [0.15, 0.2) is 0 Å². The second-order valence-electron chi connectivity index (χ2n) is 5.68. The van der Waals surface area contributed by atoms with Gasteiger partial charge in [0, 0.05) is 25.2 Å². The zero-order valence-electron chi connectivity index (χ0n) is 13.6. The number of hydrogen-bond acceptors (Lipinski definition) is 4. The highest BCUT2D eigenvalue weighted by molar-refractivity contribution is 7.89. The van der Waals surface area contributed by atoms with Crippen LogP contribution in [-0.2, 0) is 14.8 Å². The standard InChI is InChI=1S/C16H24N2O4S/c1-3-4-8-17-16(19)14-6-5-7-15(11-14)23(20,21)18-9-10-22-13(2)12-18/h5-7,11,13H,3-4,8-10,12H2,1-2H3,(H,17,19). The second kappa shape index (κ2) is 7.90. The van der Waals surface area contributed by atoms with Gasteiger partial charge in [0.25, 0.3) is 5.91 Å². The highest BCUT2D eigenvalue weighted by Gasteiger charge is 2.29. The number of nitrogens with zero attached hydrogens (tertiary/aromatic N) is 1. The average molecular weight is 340 g/mol. The zero-order chi connectivity index (χ0) is 16.9. The molecule has 1 atom stereocenters. The maximum absolute atomic E-state index is 12.7. The van der Waals surface area contributed by atoms with E-state index in [-0.39, 0.29) is 16.9 Å². The number of nitrogens with one attached hydrogen (secondary N) is 1. The minimum Gasteiger partial charge on any atom is -0.376 e. The fourth-order valence-corrected chi connectivity index (χ4v) is 3.98. The topological polar surface area (TPSA) is 75.7 Å². The third-order valence-electron chi connectivity index (χ3n) is 3.75. The van der Waals surface area contributed by atoms with E-state index in [1.165, 1.54) is 16.4 Å². The maximum Gasteiger partial charge on any atom is 0.251 e. The first kappa shape index (κ1) is 17.9. The van der Waals surface area contributed by atoms with Crippen LogP contribution >= 0.6 is 0 Å². The summed E-state index contributed by atoms with van der Waals surface area (Å²) in [7, 11) is -3.60. The van der Waals surface area contributed by atoms with Gasteiger partial charge < -0.3 is 10.1 Å². The van der Waals surface area contributed by atoms with E-state index >= 15 is 0 Å². The van der Waals surface area contributed by atoms with E-state index in [1.54, 1.807) is 12.1 Å². The smallest absolute Gasteiger partial charge is 0.251 e. The third kappa shape index (κ3) is 4.53. The van der Waals surface area contributed by atoms with Crippen molar-refractivity contribution < 1.29 is 17.9 Å². The zero-order valence-corrected chi connectivity index (χ0v) is 14.4. The average Bonchev–Trinajstić information content (AvgIpc) is 2.55. The van der Waals surface area contributed by atoms with E-state index in [0.717, 1.165) is 12.8 Å². The Bertz CT molecular complexity index is 645. The van der Waals surface area contributed by atoms with Crippen LogP contribution in [0.5, 0.6) is 0 Å². The molecule has 0 saturated carbocycles. The molecule has 1 aromatic rings. The number of unbranched alkanes of at least 4 members (excludes halogenated alkanes) is 1. The highest BCUT2D eigenvalue weighted by atomic mass is 32.2. The summed E-state index contributed by atoms with van der Waals surface area (Å²) < 4.78 is 32.2. The molecule has 0 aliphatic carbocycles. The molecule has 0 aromatic heterocycles. The lowest BCUT2D eigenvalue weighted by Gasteiger charge is -2.30. The van der Waals surface area contributed by atoms with Crippen LogP contribution in [0.3, 0.4) is 0 Å². The minimum absolute atomic E-state index is 0.126. The van der Waals surface area contributed by atoms with Gasteiger partial charge in [0.2, 0.25) is 10.0 Å². The summed E-state index contributed by atoms with van der Waals surface area (Å²) in [6, 6.07) is 6.20. The van der Waals surface area contributed by atoms with Crippen molar-refractivity contribution in [3.63, 3.8) is 0 Å². The number of sulfonamides is 1. The molecule has 0 spiro atoms. The van der Waals surface area contributed by atoms with Crippen LogP contribution in [0.4, 0.5) is 0 Å². The Morgan fingerprint density at radius 1 is 1.43 bits per heavy atom. The van der Waals surface area contributed by atoms with Crippen LogP contribution in [-0.4, -0.2) is 51.0 Å². The van der Waals surface area contributed by atoms with Crippen molar-refractivity contribution >= 4 is 15.9 Å². The predicted molar refractivity (Wildman–Crippen MR) is 87.9 cm³/mol. The fourth-order valence-electron chi connectivity index (χ4n) is 2.43. The fraction of sp³-hybridized carbons (Fsp3) is 0.562. The Hall–Kier alpha value is -1.44. The lowest BCUT2D eigenvalue weighted by atomic mass is 10.2. The van der Waals surface area contributed by atoms with Gasteiger partial charge in [-0.05, 0) is 31.5 Å². The SMILES string of the molecule is CCCCNC(=O)c1cccc(S(=O)(=O)N2CCOC(C)C2)c1. The summed E-state index contributed by atoms with van der Waals surface area (Å²) in [6.45, 7) is 5.53. The number of hydrogen-bond donors (Lipinski definition) is 1. The Morgan fingerprint density at radius 2 is 2.22 bits per heavy atom. The van der Waals surface area contributed by atoms with Crippen molar-refractivity contribution in [3.05, 3.63) is 29.8 Å². The van der Waals surface area contributed by atoms with Crippen LogP contribution in [0.15, 0.2) is 29.2 Å². The van der Waals surface area contributed by atoms with E-state index in [4.69, 9.17) is 4.74 Å². The summed E-state index contributed by atoms with van der Waals surface area (Å²) in [5.74, 6) is -0.245. The van der Waals surface area contributed by atoms with Gasteiger partial charge >= 0.3 is 0 Å². The largest absolute Gasteiger partial charge is 0.376 e. The van der Waals surface area contributed by atoms with Crippen LogP contribution < -0.4 is 5.32 Å². The molecule has 1 heterocycles. The quantitative estimate of drug-likeness (QED) is 0.799. The van der Waals surface area contributed by atoms with Crippen molar-refractivity contribution in [2.24, 2.45) is 0 Å². The predicted octanol–water partition coefficient (Wildman–Crippen LogP) is 1.63.